The molecule has 0 atom stereocenters. The Morgan fingerprint density at radius 2 is 1.95 bits per heavy atom. The summed E-state index contributed by atoms with van der Waals surface area (Å²) in [5, 5.41) is 6.15. The molecule has 2 aromatic rings. The van der Waals surface area contributed by atoms with Gasteiger partial charge in [-0.25, -0.2) is 13.5 Å². The lowest BCUT2D eigenvalue weighted by molar-refractivity contribution is 0.413. The van der Waals surface area contributed by atoms with Crippen LogP contribution in [-0.4, -0.2) is 32.0 Å². The van der Waals surface area contributed by atoms with Crippen LogP contribution in [0.15, 0.2) is 40.0 Å². The molecule has 0 fully saturated rings. The summed E-state index contributed by atoms with van der Waals surface area (Å²) in [6.45, 7) is 0. The SMILES string of the molecule is COc1cc(C=Cc2ccc(=O)[nH]n2)cc(S(C)(=O)=O)c1. The highest BCUT2D eigenvalue weighted by Gasteiger charge is 2.09. The van der Waals surface area contributed by atoms with E-state index in [-0.39, 0.29) is 10.5 Å². The Morgan fingerprint density at radius 1 is 1.19 bits per heavy atom. The van der Waals surface area contributed by atoms with Crippen LogP contribution in [0.1, 0.15) is 11.3 Å². The minimum absolute atomic E-state index is 0.177. The standard InChI is InChI=1S/C14H14N2O4S/c1-20-12-7-10(8-13(9-12)21(2,18)19)3-4-11-5-6-14(17)16-15-11/h3-9H,1-2H3,(H,16,17). The maximum atomic E-state index is 11.6. The van der Waals surface area contributed by atoms with E-state index >= 15 is 0 Å². The van der Waals surface area contributed by atoms with E-state index in [0.29, 0.717) is 17.0 Å². The summed E-state index contributed by atoms with van der Waals surface area (Å²) in [6, 6.07) is 7.63. The number of hydrogen-bond acceptors (Lipinski definition) is 5. The van der Waals surface area contributed by atoms with Crippen LogP contribution in [-0.2, 0) is 9.84 Å². The summed E-state index contributed by atoms with van der Waals surface area (Å²) in [7, 11) is -1.85. The molecular formula is C14H14N2O4S. The fourth-order valence-corrected chi connectivity index (χ4v) is 2.33. The van der Waals surface area contributed by atoms with Crippen molar-refractivity contribution in [3.8, 4) is 5.75 Å². The number of methoxy groups -OCH3 is 1. The first kappa shape index (κ1) is 15.0. The monoisotopic (exact) mass is 306 g/mol. The highest BCUT2D eigenvalue weighted by atomic mass is 32.2. The van der Waals surface area contributed by atoms with E-state index in [2.05, 4.69) is 10.2 Å². The molecule has 1 heterocycles. The van der Waals surface area contributed by atoms with Crippen LogP contribution < -0.4 is 10.3 Å². The molecule has 21 heavy (non-hydrogen) atoms. The van der Waals surface area contributed by atoms with Crippen molar-refractivity contribution in [2.75, 3.05) is 13.4 Å². The van der Waals surface area contributed by atoms with E-state index < -0.39 is 9.84 Å². The molecule has 0 bridgehead atoms. The Morgan fingerprint density at radius 3 is 2.52 bits per heavy atom. The Balaban J connectivity index is 2.39. The first-order chi connectivity index (χ1) is 9.88. The van der Waals surface area contributed by atoms with Gasteiger partial charge in [-0.1, -0.05) is 6.08 Å². The zero-order valence-electron chi connectivity index (χ0n) is 11.5. The zero-order valence-corrected chi connectivity index (χ0v) is 12.3. The number of benzene rings is 1. The van der Waals surface area contributed by atoms with Crippen molar-refractivity contribution >= 4 is 22.0 Å². The fraction of sp³-hybridized carbons (Fsp3) is 0.143. The van der Waals surface area contributed by atoms with Crippen molar-refractivity contribution in [1.29, 1.82) is 0 Å². The number of ether oxygens (including phenoxy) is 1. The third-order valence-electron chi connectivity index (χ3n) is 2.71. The summed E-state index contributed by atoms with van der Waals surface area (Å²) in [5.74, 6) is 0.451. The maximum Gasteiger partial charge on any atom is 0.264 e. The molecule has 0 saturated carbocycles. The smallest absolute Gasteiger partial charge is 0.264 e. The van der Waals surface area contributed by atoms with Gasteiger partial charge in [0.1, 0.15) is 5.75 Å². The lowest BCUT2D eigenvalue weighted by atomic mass is 10.2. The molecule has 0 unspecified atom stereocenters. The van der Waals surface area contributed by atoms with E-state index in [4.69, 9.17) is 4.74 Å². The molecule has 0 aliphatic heterocycles. The van der Waals surface area contributed by atoms with Crippen LogP contribution in [0.2, 0.25) is 0 Å². The van der Waals surface area contributed by atoms with E-state index in [9.17, 15) is 13.2 Å². The van der Waals surface area contributed by atoms with Crippen LogP contribution >= 0.6 is 0 Å². The van der Waals surface area contributed by atoms with Crippen molar-refractivity contribution in [2.24, 2.45) is 0 Å². The van der Waals surface area contributed by atoms with Gasteiger partial charge in [0, 0.05) is 12.3 Å². The van der Waals surface area contributed by atoms with Gasteiger partial charge in [-0.15, -0.1) is 0 Å². The molecule has 0 amide bonds. The highest BCUT2D eigenvalue weighted by molar-refractivity contribution is 7.90. The normalized spacial score (nSPS) is 11.7. The molecule has 1 N–H and O–H groups in total. The van der Waals surface area contributed by atoms with Crippen LogP contribution in [0.4, 0.5) is 0 Å². The third kappa shape index (κ3) is 4.03. The van der Waals surface area contributed by atoms with Gasteiger partial charge in [0.05, 0.1) is 17.7 Å². The molecule has 2 rings (SSSR count). The topological polar surface area (TPSA) is 89.1 Å². The van der Waals surface area contributed by atoms with Crippen molar-refractivity contribution < 1.29 is 13.2 Å². The molecule has 0 saturated heterocycles. The second-order valence-electron chi connectivity index (χ2n) is 4.39. The molecule has 1 aromatic carbocycles. The van der Waals surface area contributed by atoms with Crippen molar-refractivity contribution in [1.82, 2.24) is 10.2 Å². The van der Waals surface area contributed by atoms with Gasteiger partial charge in [-0.3, -0.25) is 4.79 Å². The number of aromatic nitrogens is 2. The Labute approximate surface area is 122 Å². The second-order valence-corrected chi connectivity index (χ2v) is 6.41. The summed E-state index contributed by atoms with van der Waals surface area (Å²) in [4.78, 5) is 11.1. The third-order valence-corrected chi connectivity index (χ3v) is 3.81. The molecule has 0 radical (unpaired) electrons. The Hall–Kier alpha value is -2.41. The Bertz CT molecular complexity index is 818. The molecule has 0 aliphatic rings. The molecule has 1 aromatic heterocycles. The molecule has 0 spiro atoms. The number of rotatable bonds is 4. The van der Waals surface area contributed by atoms with Gasteiger partial charge in [0.25, 0.3) is 5.56 Å². The predicted octanol–water partition coefficient (Wildman–Crippen LogP) is 1.35. The minimum atomic E-state index is -3.32. The van der Waals surface area contributed by atoms with Crippen LogP contribution in [0.25, 0.3) is 12.2 Å². The van der Waals surface area contributed by atoms with E-state index in [1.165, 1.54) is 19.2 Å². The first-order valence-electron chi connectivity index (χ1n) is 6.01. The van der Waals surface area contributed by atoms with Crippen LogP contribution in [0.5, 0.6) is 5.75 Å². The van der Waals surface area contributed by atoms with Gasteiger partial charge in [-0.05, 0) is 35.9 Å². The number of hydrogen-bond donors (Lipinski definition) is 1. The molecule has 110 valence electrons. The van der Waals surface area contributed by atoms with Gasteiger partial charge in [0.2, 0.25) is 0 Å². The van der Waals surface area contributed by atoms with Crippen LogP contribution in [0, 0.1) is 0 Å². The number of nitrogens with zero attached hydrogens (tertiary/aromatic N) is 1. The average Bonchev–Trinajstić information content (AvgIpc) is 2.45. The van der Waals surface area contributed by atoms with Gasteiger partial charge in [0.15, 0.2) is 9.84 Å². The molecular weight excluding hydrogens is 292 g/mol. The highest BCUT2D eigenvalue weighted by Crippen LogP contribution is 2.22. The average molecular weight is 306 g/mol. The number of sulfone groups is 1. The second kappa shape index (κ2) is 5.92. The summed E-state index contributed by atoms with van der Waals surface area (Å²) in [6.07, 6.45) is 4.49. The van der Waals surface area contributed by atoms with E-state index in [0.717, 1.165) is 6.26 Å². The number of nitrogens with one attached hydrogen (secondary N) is 1. The summed E-state index contributed by atoms with van der Waals surface area (Å²) >= 11 is 0. The lowest BCUT2D eigenvalue weighted by Gasteiger charge is -2.05. The minimum Gasteiger partial charge on any atom is -0.497 e. The number of H-pyrrole nitrogens is 1. The maximum absolute atomic E-state index is 11.6. The van der Waals surface area contributed by atoms with E-state index in [1.54, 1.807) is 30.4 Å². The first-order valence-corrected chi connectivity index (χ1v) is 7.90. The van der Waals surface area contributed by atoms with Gasteiger partial charge >= 0.3 is 0 Å². The van der Waals surface area contributed by atoms with Crippen molar-refractivity contribution in [3.05, 3.63) is 51.9 Å². The van der Waals surface area contributed by atoms with Gasteiger partial charge in [-0.2, -0.15) is 5.10 Å². The lowest BCUT2D eigenvalue weighted by Crippen LogP contribution is -2.05. The Kier molecular flexibility index (Phi) is 4.23. The predicted molar refractivity (Wildman–Crippen MR) is 79.9 cm³/mol. The molecule has 7 heteroatoms. The van der Waals surface area contributed by atoms with Gasteiger partial charge < -0.3 is 4.74 Å². The zero-order chi connectivity index (χ0) is 15.5. The largest absolute Gasteiger partial charge is 0.497 e. The van der Waals surface area contributed by atoms with Crippen molar-refractivity contribution in [3.63, 3.8) is 0 Å². The molecule has 0 aliphatic carbocycles. The summed E-state index contributed by atoms with van der Waals surface area (Å²) < 4.78 is 28.4. The van der Waals surface area contributed by atoms with E-state index in [1.807, 2.05) is 0 Å². The van der Waals surface area contributed by atoms with Crippen molar-refractivity contribution in [2.45, 2.75) is 4.90 Å². The molecule has 6 nitrogen and oxygen atoms in total. The number of aromatic amines is 1. The van der Waals surface area contributed by atoms with Crippen LogP contribution in [0.3, 0.4) is 0 Å². The fourth-order valence-electron chi connectivity index (χ4n) is 1.65. The summed E-state index contributed by atoms with van der Waals surface area (Å²) in [5.41, 5.74) is 0.925. The quantitative estimate of drug-likeness (QED) is 0.921.